The number of nitrogens with two attached hydrogens (primary N) is 1. The summed E-state index contributed by atoms with van der Waals surface area (Å²) in [6.07, 6.45) is -8.10. The Bertz CT molecular complexity index is 1520. The number of phenols is 1. The highest BCUT2D eigenvalue weighted by Gasteiger charge is 2.66. The summed E-state index contributed by atoms with van der Waals surface area (Å²) in [5, 5.41) is 107. The second-order valence-electron chi connectivity index (χ2n) is 11.6. The number of Topliss-reactive ketones (excluding diaryl/α,β-unsaturated/α-hetero) is 2. The van der Waals surface area contributed by atoms with Gasteiger partial charge in [-0.25, -0.2) is 4.79 Å². The standard InChI is InChI=1S/C22H23ClN2O8.C6H12O7/c1-21(32)7-6-8-15(25(2)3)17(28)13(20(24)31)19(30)22(8,33)18(29)11(7)16(27)12-10(26)5-4-9(23)14(12)21;7-1-2(8)3(9)4(10)5(11)6(12)13/h4-5,7-8,15,26-27,30,32-33H,6H2,1-3H3,(H2,24,31);2-5,7-11H,1H2,(H,12,13)/t7-,8-,15-,21-,22-;2-,3+,4-,5-/m01/s1. The molecule has 254 valence electrons. The number of fused-ring (bicyclic) bond motifs is 3. The Kier molecular flexibility index (Phi) is 10.3. The number of ketones is 2. The van der Waals surface area contributed by atoms with Crippen LogP contribution in [0.5, 0.6) is 5.75 Å². The minimum atomic E-state index is -2.78. The topological polar surface area (TPSA) is 320 Å². The number of aliphatic hydroxyl groups excluding tert-OH is 7. The van der Waals surface area contributed by atoms with Crippen LogP contribution in [0.3, 0.4) is 0 Å². The number of hydrogen-bond acceptors (Lipinski definition) is 15. The minimum absolute atomic E-state index is 0.0187. The van der Waals surface area contributed by atoms with Crippen LogP contribution < -0.4 is 5.73 Å². The first-order valence-corrected chi connectivity index (χ1v) is 13.9. The van der Waals surface area contributed by atoms with E-state index >= 15 is 0 Å². The number of likely N-dealkylation sites (N-methyl/N-ethyl adjacent to an activating group) is 1. The molecule has 9 atom stereocenters. The summed E-state index contributed by atoms with van der Waals surface area (Å²) in [6, 6.07) is 1.24. The molecule has 0 heterocycles. The molecule has 1 saturated carbocycles. The molecule has 17 nitrogen and oxygen atoms in total. The van der Waals surface area contributed by atoms with Gasteiger partial charge in [-0.05, 0) is 39.6 Å². The van der Waals surface area contributed by atoms with Crippen LogP contribution in [-0.4, -0.2) is 141 Å². The fourth-order valence-electron chi connectivity index (χ4n) is 6.25. The Morgan fingerprint density at radius 3 is 2.11 bits per heavy atom. The van der Waals surface area contributed by atoms with Gasteiger partial charge in [0.05, 0.1) is 23.8 Å². The molecule has 18 heteroatoms. The number of carboxylic acid groups (broad SMARTS) is 1. The number of carboxylic acids is 1. The first-order chi connectivity index (χ1) is 21.1. The SMILES string of the molecule is CN(C)[C@@H]1C(=O)C(C(N)=O)=C(O)[C@@]2(O)C(=O)C3=C(O)c4c(O)ccc(Cl)c4[C@@](C)(O)[C@H]3C[C@@H]12.O=C(O)[C@H](O)[C@H](O)[C@@H](O)[C@H](O)CO. The number of primary amides is 1. The van der Waals surface area contributed by atoms with Crippen molar-refractivity contribution in [1.82, 2.24) is 4.90 Å². The number of aromatic hydroxyl groups is 1. The molecule has 13 N–H and O–H groups in total. The van der Waals surface area contributed by atoms with Crippen LogP contribution in [0.25, 0.3) is 5.76 Å². The third-order valence-corrected chi connectivity index (χ3v) is 8.89. The lowest BCUT2D eigenvalue weighted by Crippen LogP contribution is -2.67. The third kappa shape index (κ3) is 5.63. The minimum Gasteiger partial charge on any atom is -0.508 e. The van der Waals surface area contributed by atoms with E-state index in [1.807, 2.05) is 0 Å². The molecule has 3 aliphatic rings. The lowest BCUT2D eigenvalue weighted by atomic mass is 9.54. The highest BCUT2D eigenvalue weighted by Crippen LogP contribution is 2.58. The molecular weight excluding hydrogens is 640 g/mol. The van der Waals surface area contributed by atoms with Gasteiger partial charge in [0, 0.05) is 28.0 Å². The maximum absolute atomic E-state index is 13.7. The van der Waals surface area contributed by atoms with Crippen LogP contribution in [0.15, 0.2) is 29.0 Å². The number of benzene rings is 1. The van der Waals surface area contributed by atoms with Crippen LogP contribution in [0.4, 0.5) is 0 Å². The first kappa shape index (κ1) is 36.8. The van der Waals surface area contributed by atoms with Crippen molar-refractivity contribution in [2.24, 2.45) is 17.6 Å². The molecule has 0 spiro atoms. The third-order valence-electron chi connectivity index (χ3n) is 8.58. The van der Waals surface area contributed by atoms with Crippen molar-refractivity contribution in [3.63, 3.8) is 0 Å². The predicted molar refractivity (Wildman–Crippen MR) is 154 cm³/mol. The van der Waals surface area contributed by atoms with Crippen molar-refractivity contribution in [1.29, 1.82) is 0 Å². The summed E-state index contributed by atoms with van der Waals surface area (Å²) in [5.41, 5.74) is -1.10. The number of aliphatic carboxylic acids is 1. The number of phenolic OH excluding ortho intramolecular Hbond substituents is 1. The fourth-order valence-corrected chi connectivity index (χ4v) is 6.60. The predicted octanol–water partition coefficient (Wildman–Crippen LogP) is -3.21. The molecule has 1 fully saturated rings. The van der Waals surface area contributed by atoms with Gasteiger partial charge >= 0.3 is 5.97 Å². The van der Waals surface area contributed by atoms with Gasteiger partial charge < -0.3 is 61.9 Å². The number of nitrogens with zero attached hydrogens (tertiary/aromatic N) is 1. The monoisotopic (exact) mass is 674 g/mol. The average Bonchev–Trinajstić information content (AvgIpc) is 2.97. The highest BCUT2D eigenvalue weighted by molar-refractivity contribution is 6.32. The zero-order chi connectivity index (χ0) is 35.4. The van der Waals surface area contributed by atoms with Crippen molar-refractivity contribution < 1.29 is 75.3 Å². The molecule has 0 saturated heterocycles. The van der Waals surface area contributed by atoms with Gasteiger partial charge in [0.1, 0.15) is 41.2 Å². The van der Waals surface area contributed by atoms with Crippen molar-refractivity contribution in [3.05, 3.63) is 45.2 Å². The van der Waals surface area contributed by atoms with Crippen LogP contribution >= 0.6 is 11.6 Å². The summed E-state index contributed by atoms with van der Waals surface area (Å²) in [6.45, 7) is 0.496. The van der Waals surface area contributed by atoms with Crippen LogP contribution in [0.1, 0.15) is 24.5 Å². The Hall–Kier alpha value is -3.65. The molecule has 0 aliphatic heterocycles. The number of aliphatic hydroxyl groups is 9. The molecular formula is C28H35ClN2O15. The Balaban J connectivity index is 0.000000376. The van der Waals surface area contributed by atoms with Crippen LogP contribution in [0.2, 0.25) is 5.02 Å². The van der Waals surface area contributed by atoms with E-state index in [0.717, 1.165) is 0 Å². The van der Waals surface area contributed by atoms with Crippen molar-refractivity contribution in [2.75, 3.05) is 20.7 Å². The summed E-state index contributed by atoms with van der Waals surface area (Å²) in [7, 11) is 2.97. The maximum atomic E-state index is 13.7. The van der Waals surface area contributed by atoms with Gasteiger partial charge in [-0.2, -0.15) is 0 Å². The summed E-state index contributed by atoms with van der Waals surface area (Å²) in [4.78, 5) is 50.2. The second-order valence-corrected chi connectivity index (χ2v) is 12.0. The summed E-state index contributed by atoms with van der Waals surface area (Å²) >= 11 is 6.28. The highest BCUT2D eigenvalue weighted by atomic mass is 35.5. The Labute approximate surface area is 265 Å². The quantitative estimate of drug-likeness (QED) is 0.127. The van der Waals surface area contributed by atoms with E-state index in [-0.39, 0.29) is 22.6 Å². The van der Waals surface area contributed by atoms with Crippen molar-refractivity contribution in [2.45, 2.75) is 55.0 Å². The zero-order valence-electron chi connectivity index (χ0n) is 24.6. The van der Waals surface area contributed by atoms with E-state index in [2.05, 4.69) is 0 Å². The largest absolute Gasteiger partial charge is 0.508 e. The molecule has 0 aromatic heterocycles. The number of halogens is 1. The van der Waals surface area contributed by atoms with Gasteiger partial charge in [0.2, 0.25) is 5.78 Å². The number of amides is 1. The fraction of sp³-hybridized carbons (Fsp3) is 0.500. The van der Waals surface area contributed by atoms with Crippen molar-refractivity contribution >= 4 is 40.8 Å². The lowest BCUT2D eigenvalue weighted by Gasteiger charge is -2.53. The number of carbonyl (C=O) groups excluding carboxylic acids is 3. The van der Waals surface area contributed by atoms with Gasteiger partial charge in [-0.3, -0.25) is 19.3 Å². The zero-order valence-corrected chi connectivity index (χ0v) is 25.3. The maximum Gasteiger partial charge on any atom is 0.335 e. The smallest absolute Gasteiger partial charge is 0.335 e. The van der Waals surface area contributed by atoms with Gasteiger partial charge in [0.25, 0.3) is 5.91 Å². The lowest BCUT2D eigenvalue weighted by molar-refractivity contribution is -0.164. The molecule has 0 bridgehead atoms. The molecule has 0 radical (unpaired) electrons. The Morgan fingerprint density at radius 2 is 1.63 bits per heavy atom. The molecule has 1 aromatic rings. The normalized spacial score (nSPS) is 30.0. The van der Waals surface area contributed by atoms with Gasteiger partial charge in [0.15, 0.2) is 17.5 Å². The summed E-state index contributed by atoms with van der Waals surface area (Å²) in [5.74, 6) is -10.0. The summed E-state index contributed by atoms with van der Waals surface area (Å²) < 4.78 is 0. The van der Waals surface area contributed by atoms with E-state index < -0.39 is 112 Å². The van der Waals surface area contributed by atoms with Gasteiger partial charge in [-0.1, -0.05) is 11.6 Å². The molecule has 0 unspecified atom stereocenters. The molecule has 1 amide bonds. The number of rotatable bonds is 7. The first-order valence-electron chi connectivity index (χ1n) is 13.5. The molecule has 46 heavy (non-hydrogen) atoms. The van der Waals surface area contributed by atoms with Crippen LogP contribution in [-0.2, 0) is 24.8 Å². The van der Waals surface area contributed by atoms with E-state index in [4.69, 9.17) is 48.0 Å². The van der Waals surface area contributed by atoms with E-state index in [1.54, 1.807) is 0 Å². The van der Waals surface area contributed by atoms with Gasteiger partial charge in [-0.15, -0.1) is 0 Å². The van der Waals surface area contributed by atoms with E-state index in [1.165, 1.54) is 38.1 Å². The number of carbonyl (C=O) groups is 4. The average molecular weight is 675 g/mol. The Morgan fingerprint density at radius 1 is 1.07 bits per heavy atom. The molecule has 1 aromatic carbocycles. The van der Waals surface area contributed by atoms with Crippen molar-refractivity contribution in [3.8, 4) is 5.75 Å². The molecule has 3 aliphatic carbocycles. The van der Waals surface area contributed by atoms with Crippen LogP contribution in [0, 0.1) is 11.8 Å². The number of hydrogen-bond donors (Lipinski definition) is 12. The van der Waals surface area contributed by atoms with E-state index in [0.29, 0.717) is 0 Å². The van der Waals surface area contributed by atoms with E-state index in [9.17, 15) is 44.7 Å². The molecule has 4 rings (SSSR count). The second kappa shape index (κ2) is 12.9.